The third-order valence-electron chi connectivity index (χ3n) is 3.00. The molecule has 0 aliphatic heterocycles. The fourth-order valence-corrected chi connectivity index (χ4v) is 2.13. The van der Waals surface area contributed by atoms with Gasteiger partial charge in [-0.3, -0.25) is 4.79 Å². The first-order valence-corrected chi connectivity index (χ1v) is 6.40. The fourth-order valence-electron chi connectivity index (χ4n) is 2.13. The monoisotopic (exact) mass is 261 g/mol. The molecule has 1 N–H and O–H groups in total. The first-order chi connectivity index (χ1) is 9.22. The van der Waals surface area contributed by atoms with Crippen LogP contribution in [0, 0.1) is 6.92 Å². The zero-order chi connectivity index (χ0) is 13.7. The molecule has 0 bridgehead atoms. The molecule has 1 aromatic carbocycles. The second-order valence-corrected chi connectivity index (χ2v) is 4.44. The maximum absolute atomic E-state index is 11.2. The summed E-state index contributed by atoms with van der Waals surface area (Å²) in [5, 5.41) is 2.82. The number of carbonyl (C=O) groups excluding carboxylic acids is 1. The van der Waals surface area contributed by atoms with Gasteiger partial charge in [-0.25, -0.2) is 4.98 Å². The quantitative estimate of drug-likeness (QED) is 0.802. The SMILES string of the molecule is COCC(=O)NCCCn1c(C)nc2ccccc21. The van der Waals surface area contributed by atoms with Gasteiger partial charge >= 0.3 is 0 Å². The number of ether oxygens (including phenoxy) is 1. The molecule has 2 rings (SSSR count). The minimum atomic E-state index is -0.0743. The molecule has 0 fully saturated rings. The number of methoxy groups -OCH3 is 1. The number of nitrogens with one attached hydrogen (secondary N) is 1. The predicted octanol–water partition coefficient (Wildman–Crippen LogP) is 1.50. The van der Waals surface area contributed by atoms with Crippen LogP contribution in [0.1, 0.15) is 12.2 Å². The number of benzene rings is 1. The standard InChI is InChI=1S/C14H19N3O2/c1-11-16-12-6-3-4-7-13(12)17(11)9-5-8-15-14(18)10-19-2/h3-4,6-7H,5,8-10H2,1-2H3,(H,15,18). The molecule has 0 saturated carbocycles. The summed E-state index contributed by atoms with van der Waals surface area (Å²) in [6.07, 6.45) is 0.872. The molecule has 0 spiro atoms. The Labute approximate surface area is 112 Å². The molecule has 1 amide bonds. The molecule has 5 nitrogen and oxygen atoms in total. The molecule has 102 valence electrons. The van der Waals surface area contributed by atoms with Gasteiger partial charge in [-0.1, -0.05) is 12.1 Å². The normalized spacial score (nSPS) is 10.8. The second-order valence-electron chi connectivity index (χ2n) is 4.44. The lowest BCUT2D eigenvalue weighted by Gasteiger charge is -2.08. The fraction of sp³-hybridized carbons (Fsp3) is 0.429. The number of imidazole rings is 1. The molecular formula is C14H19N3O2. The average molecular weight is 261 g/mol. The van der Waals surface area contributed by atoms with Crippen LogP contribution >= 0.6 is 0 Å². The number of aromatic nitrogens is 2. The summed E-state index contributed by atoms with van der Waals surface area (Å²) in [5.41, 5.74) is 2.16. The summed E-state index contributed by atoms with van der Waals surface area (Å²) in [7, 11) is 1.51. The van der Waals surface area contributed by atoms with Crippen molar-refractivity contribution < 1.29 is 9.53 Å². The number of fused-ring (bicyclic) bond motifs is 1. The molecule has 0 atom stereocenters. The lowest BCUT2D eigenvalue weighted by molar-refractivity contribution is -0.124. The Kier molecular flexibility index (Phi) is 4.52. The van der Waals surface area contributed by atoms with Crippen LogP contribution in [0.15, 0.2) is 24.3 Å². The highest BCUT2D eigenvalue weighted by molar-refractivity contribution is 5.77. The molecule has 0 unspecified atom stereocenters. The Morgan fingerprint density at radius 3 is 3.00 bits per heavy atom. The highest BCUT2D eigenvalue weighted by Gasteiger charge is 2.06. The maximum atomic E-state index is 11.2. The van der Waals surface area contributed by atoms with E-state index in [2.05, 4.69) is 20.9 Å². The number of nitrogens with zero attached hydrogens (tertiary/aromatic N) is 2. The zero-order valence-corrected chi connectivity index (χ0v) is 11.3. The Morgan fingerprint density at radius 2 is 2.21 bits per heavy atom. The summed E-state index contributed by atoms with van der Waals surface area (Å²) >= 11 is 0. The van der Waals surface area contributed by atoms with E-state index in [9.17, 15) is 4.79 Å². The average Bonchev–Trinajstić information content (AvgIpc) is 2.71. The van der Waals surface area contributed by atoms with Crippen LogP contribution in [-0.4, -0.2) is 35.7 Å². The largest absolute Gasteiger partial charge is 0.375 e. The maximum Gasteiger partial charge on any atom is 0.245 e. The topological polar surface area (TPSA) is 56.1 Å². The van der Waals surface area contributed by atoms with Crippen LogP contribution in [0.2, 0.25) is 0 Å². The minimum absolute atomic E-state index is 0.0743. The van der Waals surface area contributed by atoms with Gasteiger partial charge < -0.3 is 14.6 Å². The van der Waals surface area contributed by atoms with Crippen molar-refractivity contribution >= 4 is 16.9 Å². The van der Waals surface area contributed by atoms with Gasteiger partial charge in [0.2, 0.25) is 5.91 Å². The smallest absolute Gasteiger partial charge is 0.245 e. The van der Waals surface area contributed by atoms with Gasteiger partial charge in [0, 0.05) is 20.2 Å². The highest BCUT2D eigenvalue weighted by atomic mass is 16.5. The minimum Gasteiger partial charge on any atom is -0.375 e. The van der Waals surface area contributed by atoms with Crippen molar-refractivity contribution in [1.82, 2.24) is 14.9 Å². The molecule has 2 aromatic rings. The Morgan fingerprint density at radius 1 is 1.42 bits per heavy atom. The Bertz CT molecular complexity index is 563. The summed E-state index contributed by atoms with van der Waals surface area (Å²) in [6.45, 7) is 3.62. The van der Waals surface area contributed by atoms with Crippen molar-refractivity contribution in [2.24, 2.45) is 0 Å². The van der Waals surface area contributed by atoms with Gasteiger partial charge in [0.05, 0.1) is 11.0 Å². The van der Waals surface area contributed by atoms with Crippen LogP contribution in [0.25, 0.3) is 11.0 Å². The summed E-state index contributed by atoms with van der Waals surface area (Å²) in [4.78, 5) is 15.7. The number of carbonyl (C=O) groups is 1. The molecule has 0 aliphatic rings. The van der Waals surface area contributed by atoms with Gasteiger partial charge in [0.25, 0.3) is 0 Å². The van der Waals surface area contributed by atoms with E-state index in [0.29, 0.717) is 6.54 Å². The number of hydrogen-bond acceptors (Lipinski definition) is 3. The van der Waals surface area contributed by atoms with Crippen molar-refractivity contribution in [3.8, 4) is 0 Å². The lowest BCUT2D eigenvalue weighted by Crippen LogP contribution is -2.28. The van der Waals surface area contributed by atoms with Crippen molar-refractivity contribution in [2.75, 3.05) is 20.3 Å². The summed E-state index contributed by atoms with van der Waals surface area (Å²) in [5.74, 6) is 0.930. The molecule has 0 aliphatic carbocycles. The first kappa shape index (κ1) is 13.5. The van der Waals surface area contributed by atoms with Crippen molar-refractivity contribution in [2.45, 2.75) is 19.9 Å². The van der Waals surface area contributed by atoms with E-state index in [1.165, 1.54) is 7.11 Å². The molecular weight excluding hydrogens is 242 g/mol. The molecule has 19 heavy (non-hydrogen) atoms. The lowest BCUT2D eigenvalue weighted by atomic mass is 10.3. The van der Waals surface area contributed by atoms with Gasteiger partial charge in [-0.15, -0.1) is 0 Å². The number of amides is 1. The van der Waals surface area contributed by atoms with Gasteiger partial charge in [0.15, 0.2) is 0 Å². The molecule has 1 aromatic heterocycles. The van der Waals surface area contributed by atoms with Crippen LogP contribution in [0.5, 0.6) is 0 Å². The van der Waals surface area contributed by atoms with Crippen LogP contribution < -0.4 is 5.32 Å². The Balaban J connectivity index is 1.91. The third-order valence-corrected chi connectivity index (χ3v) is 3.00. The summed E-state index contributed by atoms with van der Waals surface area (Å²) < 4.78 is 6.93. The number of aryl methyl sites for hydroxylation is 2. The zero-order valence-electron chi connectivity index (χ0n) is 11.3. The second kappa shape index (κ2) is 6.33. The third kappa shape index (κ3) is 3.32. The highest BCUT2D eigenvalue weighted by Crippen LogP contribution is 2.15. The van der Waals surface area contributed by atoms with Gasteiger partial charge in [-0.2, -0.15) is 0 Å². The number of hydrogen-bond donors (Lipinski definition) is 1. The molecule has 5 heteroatoms. The van der Waals surface area contributed by atoms with E-state index < -0.39 is 0 Å². The van der Waals surface area contributed by atoms with E-state index in [4.69, 9.17) is 4.74 Å². The van der Waals surface area contributed by atoms with Gasteiger partial charge in [-0.05, 0) is 25.5 Å². The summed E-state index contributed by atoms with van der Waals surface area (Å²) in [6, 6.07) is 8.09. The van der Waals surface area contributed by atoms with Crippen molar-refractivity contribution in [3.63, 3.8) is 0 Å². The van der Waals surface area contributed by atoms with Gasteiger partial charge in [0.1, 0.15) is 12.4 Å². The molecule has 0 saturated heterocycles. The van der Waals surface area contributed by atoms with E-state index in [1.807, 2.05) is 25.1 Å². The van der Waals surface area contributed by atoms with E-state index in [1.54, 1.807) is 0 Å². The molecule has 1 heterocycles. The molecule has 0 radical (unpaired) electrons. The predicted molar refractivity (Wildman–Crippen MR) is 74.0 cm³/mol. The van der Waals surface area contributed by atoms with Crippen LogP contribution in [-0.2, 0) is 16.1 Å². The number of rotatable bonds is 6. The van der Waals surface area contributed by atoms with E-state index >= 15 is 0 Å². The Hall–Kier alpha value is -1.88. The van der Waals surface area contributed by atoms with Crippen molar-refractivity contribution in [3.05, 3.63) is 30.1 Å². The first-order valence-electron chi connectivity index (χ1n) is 6.40. The van der Waals surface area contributed by atoms with Crippen LogP contribution in [0.3, 0.4) is 0 Å². The van der Waals surface area contributed by atoms with Crippen molar-refractivity contribution in [1.29, 1.82) is 0 Å². The van der Waals surface area contributed by atoms with E-state index in [-0.39, 0.29) is 12.5 Å². The van der Waals surface area contributed by atoms with Crippen LogP contribution in [0.4, 0.5) is 0 Å². The number of para-hydroxylation sites is 2. The van der Waals surface area contributed by atoms with E-state index in [0.717, 1.165) is 29.8 Å².